The number of hydrogen-bond donors (Lipinski definition) is 0. The molecule has 0 saturated carbocycles. The molecule has 0 fully saturated rings. The molecule has 3 nitrogen and oxygen atoms in total. The van der Waals surface area contributed by atoms with Gasteiger partial charge in [-0.3, -0.25) is 0 Å². The first kappa shape index (κ1) is 38.0. The summed E-state index contributed by atoms with van der Waals surface area (Å²) in [5, 5.41) is 19.9. The van der Waals surface area contributed by atoms with Gasteiger partial charge in [-0.2, -0.15) is 0 Å². The molecule has 0 unspecified atom stereocenters. The molecule has 0 amide bonds. The van der Waals surface area contributed by atoms with Gasteiger partial charge in [0.1, 0.15) is 0 Å². The molecule has 13 aromatic carbocycles. The zero-order chi connectivity index (χ0) is 45.2. The van der Waals surface area contributed by atoms with Gasteiger partial charge in [-0.25, -0.2) is 0 Å². The van der Waals surface area contributed by atoms with Gasteiger partial charge in [0.25, 0.3) is 0 Å². The Kier molecular flexibility index (Phi) is 8.07. The summed E-state index contributed by atoms with van der Waals surface area (Å²) in [4.78, 5) is 2.53. The Bertz CT molecular complexity index is 4380. The van der Waals surface area contributed by atoms with Crippen LogP contribution in [-0.4, -0.2) is 9.13 Å². The third-order valence-electron chi connectivity index (χ3n) is 14.8. The molecule has 0 saturated heterocycles. The van der Waals surface area contributed by atoms with Gasteiger partial charge in [0.2, 0.25) is 0 Å². The number of aromatic nitrogens is 2. The largest absolute Gasteiger partial charge is 0.308 e. The van der Waals surface area contributed by atoms with E-state index in [0.717, 1.165) is 39.5 Å². The maximum atomic E-state index is 2.54. The zero-order valence-corrected chi connectivity index (χ0v) is 37.5. The van der Waals surface area contributed by atoms with Crippen LogP contribution in [0.2, 0.25) is 0 Å². The van der Waals surface area contributed by atoms with Crippen molar-refractivity contribution in [3.63, 3.8) is 0 Å². The predicted octanol–water partition coefficient (Wildman–Crippen LogP) is 18.3. The summed E-state index contributed by atoms with van der Waals surface area (Å²) < 4.78 is 5.00. The molecule has 2 heterocycles. The number of hydrogen-bond acceptors (Lipinski definition) is 1. The van der Waals surface area contributed by atoms with E-state index in [1.165, 1.54) is 97.2 Å². The fourth-order valence-electron chi connectivity index (χ4n) is 12.0. The first-order chi connectivity index (χ1) is 34.3. The van der Waals surface area contributed by atoms with Gasteiger partial charge in [0.15, 0.2) is 0 Å². The van der Waals surface area contributed by atoms with Gasteiger partial charge in [-0.1, -0.05) is 188 Å². The van der Waals surface area contributed by atoms with Crippen LogP contribution in [0.3, 0.4) is 0 Å². The average Bonchev–Trinajstić information content (AvgIpc) is 3.95. The molecular formula is C66H41N3. The molecule has 0 radical (unpaired) electrons. The van der Waals surface area contributed by atoms with Crippen molar-refractivity contribution >= 4 is 125 Å². The summed E-state index contributed by atoms with van der Waals surface area (Å²) in [7, 11) is 0. The summed E-state index contributed by atoms with van der Waals surface area (Å²) in [5.41, 5.74) is 10.2. The van der Waals surface area contributed by atoms with Crippen LogP contribution < -0.4 is 4.90 Å². The summed E-state index contributed by atoms with van der Waals surface area (Å²) in [5.74, 6) is 0. The van der Waals surface area contributed by atoms with E-state index in [9.17, 15) is 0 Å². The van der Waals surface area contributed by atoms with Crippen molar-refractivity contribution in [1.82, 2.24) is 9.13 Å². The van der Waals surface area contributed by atoms with Crippen LogP contribution in [0.25, 0.3) is 120 Å². The van der Waals surface area contributed by atoms with Crippen molar-refractivity contribution < 1.29 is 0 Å². The molecule has 3 heteroatoms. The van der Waals surface area contributed by atoms with E-state index < -0.39 is 0 Å². The van der Waals surface area contributed by atoms with Gasteiger partial charge in [0.05, 0.1) is 33.4 Å². The highest BCUT2D eigenvalue weighted by Gasteiger charge is 2.25. The lowest BCUT2D eigenvalue weighted by Gasteiger charge is -2.28. The van der Waals surface area contributed by atoms with E-state index in [-0.39, 0.29) is 0 Å². The molecule has 0 atom stereocenters. The molecule has 15 rings (SSSR count). The van der Waals surface area contributed by atoms with Crippen molar-refractivity contribution in [2.75, 3.05) is 4.90 Å². The molecule has 2 aromatic heterocycles. The van der Waals surface area contributed by atoms with E-state index in [2.05, 4.69) is 263 Å². The second-order valence-electron chi connectivity index (χ2n) is 18.4. The zero-order valence-electron chi connectivity index (χ0n) is 37.5. The molecule has 0 aliphatic heterocycles. The highest BCUT2D eigenvalue weighted by Crippen LogP contribution is 2.48. The molecule has 0 aliphatic rings. The number of anilines is 3. The average molecular weight is 876 g/mol. The number of benzene rings is 13. The topological polar surface area (TPSA) is 13.1 Å². The van der Waals surface area contributed by atoms with Crippen LogP contribution in [0.15, 0.2) is 249 Å². The standard InChI is InChI=1S/C66H41N3/c1-2-18-42(19-3-1)68-61-32-14-12-28-55(61)57-30-17-35-64(65(57)68)69-62-33-15-13-29-56(62)58-31-16-34-63(66(58)69)67(43-36-38-53-49-24-6-4-20-45(49)47-22-8-10-26-51(47)59(53)40-43)44-37-39-54-50-25-7-5-21-46(50)48-23-9-11-27-52(48)60(54)41-44/h1-41H. The quantitative estimate of drug-likeness (QED) is 0.157. The van der Waals surface area contributed by atoms with Crippen molar-refractivity contribution in [2.45, 2.75) is 0 Å². The Hall–Kier alpha value is -9.18. The normalized spacial score (nSPS) is 12.1. The Labute approximate surface area is 397 Å². The first-order valence-electron chi connectivity index (χ1n) is 23.9. The van der Waals surface area contributed by atoms with Gasteiger partial charge >= 0.3 is 0 Å². The summed E-state index contributed by atoms with van der Waals surface area (Å²) >= 11 is 0. The lowest BCUT2D eigenvalue weighted by Crippen LogP contribution is -2.12. The molecule has 0 bridgehead atoms. The van der Waals surface area contributed by atoms with E-state index in [4.69, 9.17) is 0 Å². The van der Waals surface area contributed by atoms with Crippen LogP contribution in [0.5, 0.6) is 0 Å². The van der Waals surface area contributed by atoms with Crippen molar-refractivity contribution in [3.8, 4) is 11.4 Å². The van der Waals surface area contributed by atoms with Crippen molar-refractivity contribution in [1.29, 1.82) is 0 Å². The first-order valence-corrected chi connectivity index (χ1v) is 23.9. The van der Waals surface area contributed by atoms with Gasteiger partial charge in [-0.15, -0.1) is 0 Å². The van der Waals surface area contributed by atoms with Crippen molar-refractivity contribution in [2.24, 2.45) is 0 Å². The predicted molar refractivity (Wildman–Crippen MR) is 295 cm³/mol. The fourth-order valence-corrected chi connectivity index (χ4v) is 12.0. The second kappa shape index (κ2) is 14.7. The summed E-state index contributed by atoms with van der Waals surface area (Å²) in [6, 6.07) is 92.1. The molecule has 69 heavy (non-hydrogen) atoms. The van der Waals surface area contributed by atoms with Crippen LogP contribution in [-0.2, 0) is 0 Å². The third-order valence-corrected chi connectivity index (χ3v) is 14.8. The van der Waals surface area contributed by atoms with E-state index in [1.54, 1.807) is 0 Å². The highest BCUT2D eigenvalue weighted by atomic mass is 15.2. The van der Waals surface area contributed by atoms with E-state index in [0.29, 0.717) is 0 Å². The second-order valence-corrected chi connectivity index (χ2v) is 18.4. The summed E-state index contributed by atoms with van der Waals surface area (Å²) in [6.07, 6.45) is 0. The number of rotatable bonds is 5. The van der Waals surface area contributed by atoms with Gasteiger partial charge < -0.3 is 14.0 Å². The maximum absolute atomic E-state index is 2.54. The maximum Gasteiger partial charge on any atom is 0.0783 e. The van der Waals surface area contributed by atoms with Crippen LogP contribution in [0.4, 0.5) is 17.1 Å². The van der Waals surface area contributed by atoms with E-state index in [1.807, 2.05) is 0 Å². The smallest absolute Gasteiger partial charge is 0.0783 e. The minimum absolute atomic E-state index is 1.09. The SMILES string of the molecule is c1ccc(-n2c3ccccc3c3cccc(-n4c5ccccc5c5cccc(N(c6ccc7c8ccccc8c8ccccc8c7c6)c6ccc7c8ccccc8c8ccccc8c7c6)c54)c32)cc1. The van der Waals surface area contributed by atoms with Gasteiger partial charge in [0, 0.05) is 38.6 Å². The molecule has 0 N–H and O–H groups in total. The highest BCUT2D eigenvalue weighted by molar-refractivity contribution is 6.28. The molecule has 0 spiro atoms. The van der Waals surface area contributed by atoms with Crippen LogP contribution in [0.1, 0.15) is 0 Å². The number of nitrogens with zero attached hydrogens (tertiary/aromatic N) is 3. The van der Waals surface area contributed by atoms with E-state index >= 15 is 0 Å². The lowest BCUT2D eigenvalue weighted by molar-refractivity contribution is 1.13. The lowest BCUT2D eigenvalue weighted by atomic mass is 9.93. The third kappa shape index (κ3) is 5.44. The Morgan fingerprint density at radius 2 is 0.594 bits per heavy atom. The summed E-state index contributed by atoms with van der Waals surface area (Å²) in [6.45, 7) is 0. The molecule has 0 aliphatic carbocycles. The minimum atomic E-state index is 1.09. The number of para-hydroxylation sites is 5. The minimum Gasteiger partial charge on any atom is -0.308 e. The monoisotopic (exact) mass is 875 g/mol. The molecule has 320 valence electrons. The Balaban J connectivity index is 1.09. The van der Waals surface area contributed by atoms with Crippen LogP contribution >= 0.6 is 0 Å². The Morgan fingerprint density at radius 3 is 1.09 bits per heavy atom. The number of fused-ring (bicyclic) bond motifs is 18. The molecule has 15 aromatic rings. The Morgan fingerprint density at radius 1 is 0.232 bits per heavy atom. The molecular weight excluding hydrogens is 835 g/mol. The van der Waals surface area contributed by atoms with Crippen molar-refractivity contribution in [3.05, 3.63) is 249 Å². The fraction of sp³-hybridized carbons (Fsp3) is 0. The van der Waals surface area contributed by atoms with Crippen LogP contribution in [0, 0.1) is 0 Å². The van der Waals surface area contributed by atoms with Gasteiger partial charge in [-0.05, 0) is 125 Å².